The number of rotatable bonds is 6. The molecule has 1 N–H and O–H groups in total. The molecule has 5 nitrogen and oxygen atoms in total. The molecule has 0 saturated carbocycles. The first kappa shape index (κ1) is 17.9. The van der Waals surface area contributed by atoms with Gasteiger partial charge in [0.15, 0.2) is 11.5 Å². The highest BCUT2D eigenvalue weighted by molar-refractivity contribution is 6.32. The van der Waals surface area contributed by atoms with Crippen LogP contribution in [0, 0.1) is 0 Å². The fourth-order valence-electron chi connectivity index (χ4n) is 2.25. The third-order valence-electron chi connectivity index (χ3n) is 3.60. The molecule has 0 atom stereocenters. The molecule has 0 heterocycles. The van der Waals surface area contributed by atoms with Crippen LogP contribution < -0.4 is 19.7 Å². The van der Waals surface area contributed by atoms with Crippen molar-refractivity contribution in [1.29, 1.82) is 0 Å². The maximum absolute atomic E-state index is 12.3. The van der Waals surface area contributed by atoms with Crippen molar-refractivity contribution >= 4 is 23.2 Å². The van der Waals surface area contributed by atoms with Crippen molar-refractivity contribution in [2.75, 3.05) is 33.2 Å². The quantitative estimate of drug-likeness (QED) is 0.869. The summed E-state index contributed by atoms with van der Waals surface area (Å²) in [5, 5.41) is 3.20. The lowest BCUT2D eigenvalue weighted by Crippen LogP contribution is -2.23. The Bertz CT molecular complexity index is 715. The van der Waals surface area contributed by atoms with Gasteiger partial charge in [0, 0.05) is 31.9 Å². The van der Waals surface area contributed by atoms with Gasteiger partial charge >= 0.3 is 0 Å². The zero-order valence-corrected chi connectivity index (χ0v) is 15.0. The Kier molecular flexibility index (Phi) is 5.93. The summed E-state index contributed by atoms with van der Waals surface area (Å²) in [7, 11) is 6.97. The number of halogens is 1. The number of anilines is 1. The predicted octanol–water partition coefficient (Wildman–Crippen LogP) is 3.35. The summed E-state index contributed by atoms with van der Waals surface area (Å²) >= 11 is 6.13. The minimum absolute atomic E-state index is 0.227. The molecule has 2 aromatic rings. The molecule has 0 aliphatic rings. The van der Waals surface area contributed by atoms with Crippen LogP contribution in [0.15, 0.2) is 36.4 Å². The molecule has 0 unspecified atom stereocenters. The molecule has 6 heteroatoms. The van der Waals surface area contributed by atoms with E-state index < -0.39 is 0 Å². The maximum Gasteiger partial charge on any atom is 0.251 e. The topological polar surface area (TPSA) is 50.8 Å². The molecule has 2 rings (SSSR count). The van der Waals surface area contributed by atoms with Gasteiger partial charge in [-0.15, -0.1) is 0 Å². The average molecular weight is 349 g/mol. The Hall–Kier alpha value is -2.40. The number of hydrogen-bond acceptors (Lipinski definition) is 4. The molecule has 2 aromatic carbocycles. The number of ether oxygens (including phenoxy) is 2. The number of carbonyl (C=O) groups excluding carboxylic acids is 1. The molecule has 0 radical (unpaired) electrons. The van der Waals surface area contributed by atoms with Crippen molar-refractivity contribution in [3.05, 3.63) is 52.5 Å². The Labute approximate surface area is 147 Å². The van der Waals surface area contributed by atoms with Crippen LogP contribution in [-0.4, -0.2) is 34.2 Å². The highest BCUT2D eigenvalue weighted by Gasteiger charge is 2.15. The molecule has 0 bridgehead atoms. The van der Waals surface area contributed by atoms with Gasteiger partial charge in [-0.25, -0.2) is 0 Å². The van der Waals surface area contributed by atoms with Crippen LogP contribution >= 0.6 is 11.6 Å². The van der Waals surface area contributed by atoms with Gasteiger partial charge in [0.2, 0.25) is 0 Å². The van der Waals surface area contributed by atoms with Crippen LogP contribution in [0.1, 0.15) is 15.9 Å². The average Bonchev–Trinajstić information content (AvgIpc) is 2.59. The van der Waals surface area contributed by atoms with Crippen molar-refractivity contribution in [3.63, 3.8) is 0 Å². The lowest BCUT2D eigenvalue weighted by Gasteiger charge is -2.13. The number of benzene rings is 2. The number of amides is 1. The highest BCUT2D eigenvalue weighted by atomic mass is 35.5. The largest absolute Gasteiger partial charge is 0.493 e. The van der Waals surface area contributed by atoms with Crippen LogP contribution in [0.3, 0.4) is 0 Å². The lowest BCUT2D eigenvalue weighted by molar-refractivity contribution is 0.0950. The number of nitrogens with one attached hydrogen (secondary N) is 1. The molecule has 1 amide bonds. The minimum Gasteiger partial charge on any atom is -0.493 e. The molecule has 0 aromatic heterocycles. The predicted molar refractivity (Wildman–Crippen MR) is 96.5 cm³/mol. The van der Waals surface area contributed by atoms with E-state index in [9.17, 15) is 4.79 Å². The highest BCUT2D eigenvalue weighted by Crippen LogP contribution is 2.35. The standard InChI is InChI=1S/C18H21ClN2O3/c1-21(2)14-7-5-12(6-8-14)11-20-18(22)13-9-15(19)17(24-4)16(10-13)23-3/h5-10H,11H2,1-4H3,(H,20,22). The number of carbonyl (C=O) groups is 1. The van der Waals surface area contributed by atoms with Gasteiger partial charge in [-0.1, -0.05) is 23.7 Å². The molecular weight excluding hydrogens is 328 g/mol. The van der Waals surface area contributed by atoms with Crippen molar-refractivity contribution < 1.29 is 14.3 Å². The van der Waals surface area contributed by atoms with E-state index in [4.69, 9.17) is 21.1 Å². The normalized spacial score (nSPS) is 10.2. The molecule has 128 valence electrons. The zero-order chi connectivity index (χ0) is 17.7. The Balaban J connectivity index is 2.08. The van der Waals surface area contributed by atoms with E-state index in [0.717, 1.165) is 11.3 Å². The fraction of sp³-hybridized carbons (Fsp3) is 0.278. The first-order valence-electron chi connectivity index (χ1n) is 7.42. The van der Waals surface area contributed by atoms with E-state index in [-0.39, 0.29) is 5.91 Å². The minimum atomic E-state index is -0.227. The monoisotopic (exact) mass is 348 g/mol. The Morgan fingerprint density at radius 1 is 1.12 bits per heavy atom. The number of hydrogen-bond donors (Lipinski definition) is 1. The summed E-state index contributed by atoms with van der Waals surface area (Å²) in [5.41, 5.74) is 2.54. The van der Waals surface area contributed by atoms with Crippen LogP contribution in [0.25, 0.3) is 0 Å². The Morgan fingerprint density at radius 2 is 1.79 bits per heavy atom. The smallest absolute Gasteiger partial charge is 0.251 e. The molecular formula is C18H21ClN2O3. The van der Waals surface area contributed by atoms with E-state index >= 15 is 0 Å². The molecule has 0 aliphatic carbocycles. The summed E-state index contributed by atoms with van der Waals surface area (Å²) < 4.78 is 10.4. The van der Waals surface area contributed by atoms with Gasteiger partial charge < -0.3 is 19.7 Å². The second kappa shape index (κ2) is 7.93. The summed E-state index contributed by atoms with van der Waals surface area (Å²) in [5.74, 6) is 0.606. The van der Waals surface area contributed by atoms with Crippen molar-refractivity contribution in [2.24, 2.45) is 0 Å². The molecule has 0 spiro atoms. The van der Waals surface area contributed by atoms with Gasteiger partial charge in [0.1, 0.15) is 0 Å². The summed E-state index contributed by atoms with van der Waals surface area (Å²) in [6.45, 7) is 0.429. The summed E-state index contributed by atoms with van der Waals surface area (Å²) in [6.07, 6.45) is 0. The van der Waals surface area contributed by atoms with Gasteiger partial charge in [0.25, 0.3) is 5.91 Å². The number of nitrogens with zero attached hydrogens (tertiary/aromatic N) is 1. The van der Waals surface area contributed by atoms with Crippen LogP contribution in [-0.2, 0) is 6.54 Å². The molecule has 24 heavy (non-hydrogen) atoms. The van der Waals surface area contributed by atoms with Crippen LogP contribution in [0.4, 0.5) is 5.69 Å². The summed E-state index contributed by atoms with van der Waals surface area (Å²) in [6, 6.07) is 11.2. The van der Waals surface area contributed by atoms with E-state index in [1.54, 1.807) is 12.1 Å². The van der Waals surface area contributed by atoms with E-state index in [1.165, 1.54) is 14.2 Å². The second-order valence-corrected chi connectivity index (χ2v) is 5.84. The van der Waals surface area contributed by atoms with E-state index in [1.807, 2.05) is 43.3 Å². The van der Waals surface area contributed by atoms with Crippen molar-refractivity contribution in [2.45, 2.75) is 6.54 Å². The molecule has 0 fully saturated rings. The summed E-state index contributed by atoms with van der Waals surface area (Å²) in [4.78, 5) is 14.4. The third-order valence-corrected chi connectivity index (χ3v) is 3.88. The van der Waals surface area contributed by atoms with Crippen molar-refractivity contribution in [1.82, 2.24) is 5.32 Å². The third kappa shape index (κ3) is 4.11. The number of methoxy groups -OCH3 is 2. The van der Waals surface area contributed by atoms with Gasteiger partial charge in [0.05, 0.1) is 19.2 Å². The maximum atomic E-state index is 12.3. The van der Waals surface area contributed by atoms with Crippen LogP contribution in [0.5, 0.6) is 11.5 Å². The second-order valence-electron chi connectivity index (χ2n) is 5.44. The first-order valence-corrected chi connectivity index (χ1v) is 7.80. The van der Waals surface area contributed by atoms with Crippen LogP contribution in [0.2, 0.25) is 5.02 Å². The SMILES string of the molecule is COc1cc(C(=O)NCc2ccc(N(C)C)cc2)cc(Cl)c1OC. The first-order chi connectivity index (χ1) is 11.5. The van der Waals surface area contributed by atoms with E-state index in [0.29, 0.717) is 28.6 Å². The van der Waals surface area contributed by atoms with E-state index in [2.05, 4.69) is 5.32 Å². The Morgan fingerprint density at radius 3 is 2.33 bits per heavy atom. The fourth-order valence-corrected chi connectivity index (χ4v) is 2.53. The van der Waals surface area contributed by atoms with Gasteiger partial charge in [-0.3, -0.25) is 4.79 Å². The van der Waals surface area contributed by atoms with Crippen molar-refractivity contribution in [3.8, 4) is 11.5 Å². The lowest BCUT2D eigenvalue weighted by atomic mass is 10.1. The van der Waals surface area contributed by atoms with Gasteiger partial charge in [-0.05, 0) is 29.8 Å². The van der Waals surface area contributed by atoms with Gasteiger partial charge in [-0.2, -0.15) is 0 Å². The molecule has 0 aliphatic heterocycles. The molecule has 0 saturated heterocycles. The zero-order valence-electron chi connectivity index (χ0n) is 14.2.